The summed E-state index contributed by atoms with van der Waals surface area (Å²) >= 11 is 0. The Labute approximate surface area is 118 Å². The third-order valence-electron chi connectivity index (χ3n) is 0. The van der Waals surface area contributed by atoms with Crippen molar-refractivity contribution in [3.05, 3.63) is 0 Å². The second kappa shape index (κ2) is 56.7. The maximum absolute atomic E-state index is 0. The maximum Gasteiger partial charge on any atom is 2.00 e. The van der Waals surface area contributed by atoms with E-state index in [0.29, 0.717) is 0 Å². The SMILES string of the molecule is Cl.Cl.Cl.P.[Ba+2].[Cl-].[Cl-]. The summed E-state index contributed by atoms with van der Waals surface area (Å²) in [6.07, 6.45) is 0. The fourth-order valence-electron chi connectivity index (χ4n) is 0. The molecule has 0 rings (SSSR count). The molecule has 0 aliphatic rings. The standard InChI is InChI=1S/Ba.5ClH.H3P/h;5*1H;1H3/q+2;;;;;;/p-2. The maximum atomic E-state index is 0. The van der Waals surface area contributed by atoms with Crippen LogP contribution in [0, 0.1) is 0 Å². The first-order valence-electron chi connectivity index (χ1n) is 0. The van der Waals surface area contributed by atoms with E-state index in [0.717, 1.165) is 0 Å². The van der Waals surface area contributed by atoms with Gasteiger partial charge in [-0.15, -0.1) is 37.2 Å². The van der Waals surface area contributed by atoms with Crippen molar-refractivity contribution in [1.82, 2.24) is 0 Å². The third kappa shape index (κ3) is 44.1. The first-order chi connectivity index (χ1) is 0. The van der Waals surface area contributed by atoms with E-state index >= 15 is 0 Å². The van der Waals surface area contributed by atoms with Gasteiger partial charge in [0.2, 0.25) is 0 Å². The van der Waals surface area contributed by atoms with Crippen LogP contribution >= 0.6 is 47.1 Å². The van der Waals surface area contributed by atoms with Crippen LogP contribution in [0.4, 0.5) is 0 Å². The van der Waals surface area contributed by atoms with Crippen molar-refractivity contribution < 1.29 is 24.8 Å². The van der Waals surface area contributed by atoms with E-state index < -0.39 is 0 Å². The molecule has 0 heterocycles. The zero-order chi connectivity index (χ0) is 0. The number of hydrogen-bond acceptors (Lipinski definition) is 0. The van der Waals surface area contributed by atoms with Crippen LogP contribution in [-0.2, 0) is 0 Å². The van der Waals surface area contributed by atoms with Gasteiger partial charge in [-0.25, -0.2) is 0 Å². The van der Waals surface area contributed by atoms with E-state index in [9.17, 15) is 0 Å². The molecular formula is H6BaCl5P. The predicted octanol–water partition coefficient (Wildman–Crippen LogP) is -5.05. The van der Waals surface area contributed by atoms with Gasteiger partial charge in [0.1, 0.15) is 0 Å². The molecule has 0 aromatic carbocycles. The molecule has 0 amide bonds. The second-order valence-corrected chi connectivity index (χ2v) is 0. The normalized spacial score (nSPS) is 0. The fraction of sp³-hybridized carbons (Fsp3) is 0. The van der Waals surface area contributed by atoms with Crippen molar-refractivity contribution in [2.24, 2.45) is 0 Å². The van der Waals surface area contributed by atoms with Crippen LogP contribution in [0.1, 0.15) is 0 Å². The average molecular weight is 352 g/mol. The van der Waals surface area contributed by atoms with Crippen LogP contribution in [0.3, 0.4) is 0 Å². The van der Waals surface area contributed by atoms with Gasteiger partial charge in [0.25, 0.3) is 0 Å². The molecule has 0 fully saturated rings. The van der Waals surface area contributed by atoms with Crippen LogP contribution in [-0.4, -0.2) is 48.9 Å². The first-order valence-corrected chi connectivity index (χ1v) is 0. The minimum absolute atomic E-state index is 0. The molecule has 0 aromatic heterocycles. The van der Waals surface area contributed by atoms with Crippen molar-refractivity contribution in [2.75, 3.05) is 0 Å². The molecule has 7 heavy (non-hydrogen) atoms. The molecule has 48 valence electrons. The molecule has 0 nitrogen and oxygen atoms in total. The van der Waals surface area contributed by atoms with E-state index in [-0.39, 0.29) is 121 Å². The zero-order valence-corrected chi connectivity index (χ0v) is 13.2. The Balaban J connectivity index is 0. The topological polar surface area (TPSA) is 0 Å². The number of hydrogen-bond donors (Lipinski definition) is 0. The molecule has 0 spiro atoms. The molecule has 0 aliphatic heterocycles. The first kappa shape index (κ1) is 78.4. The monoisotopic (exact) mass is 350 g/mol. The Morgan fingerprint density at radius 2 is 0.571 bits per heavy atom. The molecule has 0 saturated heterocycles. The Hall–Kier alpha value is 3.45. The molecule has 1 atom stereocenters. The molecule has 7 heteroatoms. The quantitative estimate of drug-likeness (QED) is 0.303. The number of rotatable bonds is 0. The molecular weight excluding hydrogens is 346 g/mol. The summed E-state index contributed by atoms with van der Waals surface area (Å²) in [6, 6.07) is 0. The molecule has 0 aromatic rings. The van der Waals surface area contributed by atoms with E-state index in [2.05, 4.69) is 0 Å². The minimum atomic E-state index is 0. The summed E-state index contributed by atoms with van der Waals surface area (Å²) in [6.45, 7) is 0. The van der Waals surface area contributed by atoms with Gasteiger partial charge in [0.15, 0.2) is 0 Å². The van der Waals surface area contributed by atoms with E-state index in [1.54, 1.807) is 0 Å². The Morgan fingerprint density at radius 1 is 0.571 bits per heavy atom. The molecule has 1 unspecified atom stereocenters. The van der Waals surface area contributed by atoms with Gasteiger partial charge in [-0.05, 0) is 0 Å². The third-order valence-corrected chi connectivity index (χ3v) is 0. The fourth-order valence-corrected chi connectivity index (χ4v) is 0. The van der Waals surface area contributed by atoms with Crippen LogP contribution in [0.5, 0.6) is 0 Å². The van der Waals surface area contributed by atoms with E-state index in [1.165, 1.54) is 0 Å². The van der Waals surface area contributed by atoms with Crippen molar-refractivity contribution >= 4 is 96.0 Å². The summed E-state index contributed by atoms with van der Waals surface area (Å²) < 4.78 is 0. The molecule has 0 saturated carbocycles. The Kier molecular flexibility index (Phi) is 635. The van der Waals surface area contributed by atoms with E-state index in [4.69, 9.17) is 0 Å². The zero-order valence-electron chi connectivity index (χ0n) is 3.39. The molecule has 0 N–H and O–H groups in total. The van der Waals surface area contributed by atoms with Gasteiger partial charge in [0, 0.05) is 0 Å². The van der Waals surface area contributed by atoms with Crippen LogP contribution in [0.25, 0.3) is 0 Å². The van der Waals surface area contributed by atoms with Gasteiger partial charge < -0.3 is 24.8 Å². The van der Waals surface area contributed by atoms with Crippen LogP contribution in [0.15, 0.2) is 0 Å². The van der Waals surface area contributed by atoms with Gasteiger partial charge >= 0.3 is 48.9 Å². The Bertz CT molecular complexity index is 8.04. The van der Waals surface area contributed by atoms with Gasteiger partial charge in [-0.3, -0.25) is 0 Å². The van der Waals surface area contributed by atoms with Crippen LogP contribution in [0.2, 0.25) is 0 Å². The summed E-state index contributed by atoms with van der Waals surface area (Å²) in [5.41, 5.74) is 0. The van der Waals surface area contributed by atoms with Crippen molar-refractivity contribution in [3.8, 4) is 0 Å². The summed E-state index contributed by atoms with van der Waals surface area (Å²) in [5.74, 6) is 0. The van der Waals surface area contributed by atoms with Gasteiger partial charge in [-0.2, -0.15) is 9.90 Å². The van der Waals surface area contributed by atoms with Crippen molar-refractivity contribution in [1.29, 1.82) is 0 Å². The summed E-state index contributed by atoms with van der Waals surface area (Å²) in [4.78, 5) is 0. The molecule has 0 bridgehead atoms. The van der Waals surface area contributed by atoms with E-state index in [1.807, 2.05) is 0 Å². The van der Waals surface area contributed by atoms with Crippen LogP contribution < -0.4 is 24.8 Å². The van der Waals surface area contributed by atoms with Gasteiger partial charge in [-0.1, -0.05) is 0 Å². The largest absolute Gasteiger partial charge is 2.00 e. The second-order valence-electron chi connectivity index (χ2n) is 0. The number of halogens is 5. The molecule has 0 aliphatic carbocycles. The predicted molar refractivity (Wildman–Crippen MR) is 38.6 cm³/mol. The smallest absolute Gasteiger partial charge is 1.00 e. The Morgan fingerprint density at radius 3 is 0.571 bits per heavy atom. The van der Waals surface area contributed by atoms with Gasteiger partial charge in [0.05, 0.1) is 0 Å². The van der Waals surface area contributed by atoms with Crippen molar-refractivity contribution in [2.45, 2.75) is 0 Å². The summed E-state index contributed by atoms with van der Waals surface area (Å²) in [7, 11) is 0. The average Bonchev–Trinajstić information content (AvgIpc) is 0. The summed E-state index contributed by atoms with van der Waals surface area (Å²) in [5, 5.41) is 0. The minimum Gasteiger partial charge on any atom is -1.00 e. The van der Waals surface area contributed by atoms with Crippen molar-refractivity contribution in [3.63, 3.8) is 0 Å². The molecule has 0 radical (unpaired) electrons.